The maximum atomic E-state index is 11.8. The maximum Gasteiger partial charge on any atom is 0.152 e. The molecule has 0 spiro atoms. The van der Waals surface area contributed by atoms with Crippen LogP contribution in [-0.2, 0) is 22.7 Å². The number of aromatic nitrogens is 2. The van der Waals surface area contributed by atoms with Gasteiger partial charge in [0, 0.05) is 23.2 Å². The molecule has 114 valence electrons. The minimum atomic E-state index is -2.90. The van der Waals surface area contributed by atoms with Crippen molar-refractivity contribution in [2.24, 2.45) is 5.92 Å². The minimum Gasteiger partial charge on any atom is -0.366 e. The van der Waals surface area contributed by atoms with Crippen molar-refractivity contribution in [3.8, 4) is 0 Å². The molecule has 1 saturated carbocycles. The second-order valence-electron chi connectivity index (χ2n) is 6.79. The van der Waals surface area contributed by atoms with Crippen LogP contribution in [0.4, 0.5) is 5.82 Å². The van der Waals surface area contributed by atoms with Crippen LogP contribution in [0.2, 0.25) is 0 Å². The summed E-state index contributed by atoms with van der Waals surface area (Å²) in [6.45, 7) is 2.01. The Bertz CT molecular complexity index is 682. The van der Waals surface area contributed by atoms with Crippen molar-refractivity contribution < 1.29 is 8.42 Å². The lowest BCUT2D eigenvalue weighted by Gasteiger charge is -2.19. The highest BCUT2D eigenvalue weighted by Gasteiger charge is 2.36. The molecule has 1 aromatic heterocycles. The molecule has 2 atom stereocenters. The molecule has 0 unspecified atom stereocenters. The summed E-state index contributed by atoms with van der Waals surface area (Å²) in [5, 5.41) is 3.44. The van der Waals surface area contributed by atoms with E-state index < -0.39 is 9.84 Å². The molecule has 3 aliphatic rings. The topological polar surface area (TPSA) is 72.0 Å². The van der Waals surface area contributed by atoms with Gasteiger partial charge in [0.25, 0.3) is 0 Å². The van der Waals surface area contributed by atoms with Crippen molar-refractivity contribution in [1.82, 2.24) is 9.97 Å². The molecular formula is C15H21N3O2S. The van der Waals surface area contributed by atoms with E-state index in [0.29, 0.717) is 5.92 Å². The lowest BCUT2D eigenvalue weighted by atomic mass is 10.1. The van der Waals surface area contributed by atoms with Gasteiger partial charge in [-0.05, 0) is 38.0 Å². The summed E-state index contributed by atoms with van der Waals surface area (Å²) in [5.74, 6) is 3.06. The summed E-state index contributed by atoms with van der Waals surface area (Å²) in [6, 6.07) is -0.0124. The Morgan fingerprint density at radius 1 is 1.14 bits per heavy atom. The van der Waals surface area contributed by atoms with E-state index in [2.05, 4.69) is 5.32 Å². The van der Waals surface area contributed by atoms with E-state index in [-0.39, 0.29) is 23.5 Å². The number of nitrogens with zero attached hydrogens (tertiary/aromatic N) is 2. The SMILES string of the molecule is C[C@@H]1CS(=O)(=O)C[C@@H]1Nc1nc(C2CC2)nc2c1CCC2. The number of rotatable bonds is 3. The van der Waals surface area contributed by atoms with Gasteiger partial charge in [-0.15, -0.1) is 0 Å². The molecule has 21 heavy (non-hydrogen) atoms. The number of aryl methyl sites for hydroxylation is 1. The van der Waals surface area contributed by atoms with E-state index in [1.165, 1.54) is 24.1 Å². The summed E-state index contributed by atoms with van der Waals surface area (Å²) in [4.78, 5) is 9.46. The number of sulfone groups is 1. The Hall–Kier alpha value is -1.17. The van der Waals surface area contributed by atoms with Crippen molar-refractivity contribution in [2.75, 3.05) is 16.8 Å². The number of hydrogen-bond acceptors (Lipinski definition) is 5. The molecule has 2 heterocycles. The first-order chi connectivity index (χ1) is 10.0. The van der Waals surface area contributed by atoms with Crippen molar-refractivity contribution in [3.05, 3.63) is 17.1 Å². The van der Waals surface area contributed by atoms with Crippen molar-refractivity contribution in [2.45, 2.75) is 51.0 Å². The summed E-state index contributed by atoms with van der Waals surface area (Å²) >= 11 is 0. The molecule has 1 aromatic rings. The molecule has 2 aliphatic carbocycles. The Balaban J connectivity index is 1.65. The molecule has 6 heteroatoms. The monoisotopic (exact) mass is 307 g/mol. The molecule has 0 bridgehead atoms. The van der Waals surface area contributed by atoms with Gasteiger partial charge in [0.15, 0.2) is 9.84 Å². The number of fused-ring (bicyclic) bond motifs is 1. The second-order valence-corrected chi connectivity index (χ2v) is 8.94. The normalized spacial score (nSPS) is 30.3. The lowest BCUT2D eigenvalue weighted by molar-refractivity contribution is 0.590. The van der Waals surface area contributed by atoms with E-state index in [1.807, 2.05) is 6.92 Å². The number of nitrogens with one attached hydrogen (secondary N) is 1. The first-order valence-electron chi connectivity index (χ1n) is 7.88. The van der Waals surface area contributed by atoms with Crippen molar-refractivity contribution >= 4 is 15.7 Å². The molecule has 0 radical (unpaired) electrons. The van der Waals surface area contributed by atoms with Crippen LogP contribution in [0.15, 0.2) is 0 Å². The molecule has 2 fully saturated rings. The van der Waals surface area contributed by atoms with Gasteiger partial charge in [0.05, 0.1) is 11.5 Å². The predicted octanol–water partition coefficient (Wildman–Crippen LogP) is 1.69. The van der Waals surface area contributed by atoms with Crippen LogP contribution in [0.3, 0.4) is 0 Å². The molecule has 4 rings (SSSR count). The Morgan fingerprint density at radius 3 is 2.62 bits per heavy atom. The zero-order chi connectivity index (χ0) is 14.6. The molecule has 0 amide bonds. The van der Waals surface area contributed by atoms with Crippen LogP contribution >= 0.6 is 0 Å². The quantitative estimate of drug-likeness (QED) is 0.920. The molecule has 0 aromatic carbocycles. The predicted molar refractivity (Wildman–Crippen MR) is 81.3 cm³/mol. The highest BCUT2D eigenvalue weighted by Crippen LogP contribution is 2.40. The van der Waals surface area contributed by atoms with Crippen LogP contribution in [-0.4, -0.2) is 35.9 Å². The fourth-order valence-electron chi connectivity index (χ4n) is 3.48. The van der Waals surface area contributed by atoms with Crippen molar-refractivity contribution in [3.63, 3.8) is 0 Å². The van der Waals surface area contributed by atoms with E-state index in [0.717, 1.165) is 30.9 Å². The third kappa shape index (κ3) is 2.54. The average molecular weight is 307 g/mol. The van der Waals surface area contributed by atoms with Crippen LogP contribution in [0.25, 0.3) is 0 Å². The average Bonchev–Trinajstić information content (AvgIpc) is 3.08. The highest BCUT2D eigenvalue weighted by atomic mass is 32.2. The van der Waals surface area contributed by atoms with Gasteiger partial charge in [-0.3, -0.25) is 0 Å². The standard InChI is InChI=1S/C15H21N3O2S/c1-9-7-21(19,20)8-13(9)17-15-11-3-2-4-12(11)16-14(18-15)10-5-6-10/h9-10,13H,2-8H2,1H3,(H,16,17,18)/t9-,13+/m1/s1. The Morgan fingerprint density at radius 2 is 1.95 bits per heavy atom. The smallest absolute Gasteiger partial charge is 0.152 e. The zero-order valence-electron chi connectivity index (χ0n) is 12.3. The number of anilines is 1. The van der Waals surface area contributed by atoms with Crippen LogP contribution in [0, 0.1) is 5.92 Å². The summed E-state index contributed by atoms with van der Waals surface area (Å²) < 4.78 is 23.6. The lowest BCUT2D eigenvalue weighted by Crippen LogP contribution is -2.27. The van der Waals surface area contributed by atoms with Crippen LogP contribution in [0.5, 0.6) is 0 Å². The van der Waals surface area contributed by atoms with E-state index in [9.17, 15) is 8.42 Å². The van der Waals surface area contributed by atoms with Crippen LogP contribution < -0.4 is 5.32 Å². The number of hydrogen-bond donors (Lipinski definition) is 1. The molecule has 1 N–H and O–H groups in total. The highest BCUT2D eigenvalue weighted by molar-refractivity contribution is 7.91. The third-order valence-corrected chi connectivity index (χ3v) is 6.75. The second kappa shape index (κ2) is 4.66. The summed E-state index contributed by atoms with van der Waals surface area (Å²) in [6.07, 6.45) is 5.55. The fraction of sp³-hybridized carbons (Fsp3) is 0.733. The van der Waals surface area contributed by atoms with Gasteiger partial charge in [-0.2, -0.15) is 0 Å². The van der Waals surface area contributed by atoms with Gasteiger partial charge in [-0.1, -0.05) is 6.92 Å². The Kier molecular flexibility index (Phi) is 3.00. The summed E-state index contributed by atoms with van der Waals surface area (Å²) in [5.41, 5.74) is 2.40. The van der Waals surface area contributed by atoms with Gasteiger partial charge in [0.2, 0.25) is 0 Å². The van der Waals surface area contributed by atoms with Gasteiger partial charge < -0.3 is 5.32 Å². The zero-order valence-corrected chi connectivity index (χ0v) is 13.1. The Labute approximate surface area is 125 Å². The van der Waals surface area contributed by atoms with Crippen LogP contribution in [0.1, 0.15) is 49.2 Å². The van der Waals surface area contributed by atoms with E-state index in [4.69, 9.17) is 9.97 Å². The fourth-order valence-corrected chi connectivity index (χ4v) is 5.61. The molecular weight excluding hydrogens is 286 g/mol. The summed E-state index contributed by atoms with van der Waals surface area (Å²) in [7, 11) is -2.90. The maximum absolute atomic E-state index is 11.8. The third-order valence-electron chi connectivity index (χ3n) is 4.85. The molecule has 5 nitrogen and oxygen atoms in total. The first kappa shape index (κ1) is 13.5. The minimum absolute atomic E-state index is 0.0124. The van der Waals surface area contributed by atoms with Gasteiger partial charge in [0.1, 0.15) is 11.6 Å². The van der Waals surface area contributed by atoms with Crippen molar-refractivity contribution in [1.29, 1.82) is 0 Å². The molecule has 1 saturated heterocycles. The van der Waals surface area contributed by atoms with E-state index in [1.54, 1.807) is 0 Å². The first-order valence-corrected chi connectivity index (χ1v) is 9.70. The van der Waals surface area contributed by atoms with Gasteiger partial charge >= 0.3 is 0 Å². The van der Waals surface area contributed by atoms with E-state index >= 15 is 0 Å². The largest absolute Gasteiger partial charge is 0.366 e. The molecule has 1 aliphatic heterocycles. The van der Waals surface area contributed by atoms with Gasteiger partial charge in [-0.25, -0.2) is 18.4 Å².